The van der Waals surface area contributed by atoms with E-state index < -0.39 is 9.84 Å². The van der Waals surface area contributed by atoms with E-state index in [0.717, 1.165) is 25.9 Å². The molecule has 0 spiro atoms. The summed E-state index contributed by atoms with van der Waals surface area (Å²) >= 11 is 0. The molecule has 2 atom stereocenters. The van der Waals surface area contributed by atoms with Crippen LogP contribution in [-0.2, 0) is 9.84 Å². The van der Waals surface area contributed by atoms with Crippen molar-refractivity contribution in [3.8, 4) is 0 Å². The van der Waals surface area contributed by atoms with Crippen LogP contribution in [0.4, 0.5) is 0 Å². The molecule has 0 aromatic carbocycles. The van der Waals surface area contributed by atoms with Crippen LogP contribution < -0.4 is 5.32 Å². The van der Waals surface area contributed by atoms with E-state index in [2.05, 4.69) is 10.2 Å². The van der Waals surface area contributed by atoms with Crippen molar-refractivity contribution in [2.24, 2.45) is 0 Å². The van der Waals surface area contributed by atoms with Gasteiger partial charge in [-0.1, -0.05) is 6.92 Å². The predicted octanol–water partition coefficient (Wildman–Crippen LogP) is -0.534. The molecule has 1 fully saturated rings. The van der Waals surface area contributed by atoms with Gasteiger partial charge in [0.05, 0.1) is 18.1 Å². The highest BCUT2D eigenvalue weighted by molar-refractivity contribution is 7.91. The molecule has 0 aliphatic carbocycles. The van der Waals surface area contributed by atoms with Crippen molar-refractivity contribution in [1.82, 2.24) is 10.2 Å². The number of rotatable bonds is 7. The van der Waals surface area contributed by atoms with Gasteiger partial charge in [-0.05, 0) is 33.0 Å². The van der Waals surface area contributed by atoms with E-state index in [-0.39, 0.29) is 24.4 Å². The number of nitrogens with zero attached hydrogens (tertiary/aromatic N) is 1. The molecular formula is C11H24N2O3S. The third-order valence-corrected chi connectivity index (χ3v) is 5.13. The van der Waals surface area contributed by atoms with Crippen LogP contribution >= 0.6 is 0 Å². The lowest BCUT2D eigenvalue weighted by Gasteiger charge is -2.25. The van der Waals surface area contributed by atoms with Gasteiger partial charge >= 0.3 is 0 Å². The Labute approximate surface area is 104 Å². The topological polar surface area (TPSA) is 69.6 Å². The Morgan fingerprint density at radius 3 is 2.71 bits per heavy atom. The first kappa shape index (κ1) is 14.9. The minimum Gasteiger partial charge on any atom is -0.395 e. The fourth-order valence-electron chi connectivity index (χ4n) is 2.21. The Bertz CT molecular complexity index is 319. The Kier molecular flexibility index (Phi) is 5.85. The number of sulfone groups is 1. The molecule has 1 saturated heterocycles. The number of aliphatic hydroxyl groups is 1. The largest absolute Gasteiger partial charge is 0.395 e. The van der Waals surface area contributed by atoms with Gasteiger partial charge in [0.2, 0.25) is 0 Å². The fraction of sp³-hybridized carbons (Fsp3) is 1.00. The van der Waals surface area contributed by atoms with Crippen molar-refractivity contribution < 1.29 is 13.5 Å². The molecule has 0 amide bonds. The standard InChI is InChI=1S/C11H24N2O3S/c1-3-12-10(8-14)4-6-13(2)11-5-7-17(15,16)9-11/h10-12,14H,3-9H2,1-2H3. The molecule has 17 heavy (non-hydrogen) atoms. The minimum absolute atomic E-state index is 0.112. The lowest BCUT2D eigenvalue weighted by Crippen LogP contribution is -2.39. The molecule has 6 heteroatoms. The van der Waals surface area contributed by atoms with E-state index in [0.29, 0.717) is 5.75 Å². The number of hydrogen-bond donors (Lipinski definition) is 2. The summed E-state index contributed by atoms with van der Waals surface area (Å²) in [5.74, 6) is 0.604. The van der Waals surface area contributed by atoms with Gasteiger partial charge in [-0.3, -0.25) is 0 Å². The van der Waals surface area contributed by atoms with Crippen LogP contribution in [0.25, 0.3) is 0 Å². The molecule has 2 unspecified atom stereocenters. The molecule has 1 aliphatic rings. The molecule has 1 aliphatic heterocycles. The van der Waals surface area contributed by atoms with Crippen molar-refractivity contribution in [2.75, 3.05) is 38.2 Å². The maximum absolute atomic E-state index is 11.4. The smallest absolute Gasteiger partial charge is 0.151 e. The maximum Gasteiger partial charge on any atom is 0.151 e. The molecule has 1 rings (SSSR count). The predicted molar refractivity (Wildman–Crippen MR) is 68.9 cm³/mol. The summed E-state index contributed by atoms with van der Waals surface area (Å²) in [7, 11) is -0.837. The molecule has 2 N–H and O–H groups in total. The quantitative estimate of drug-likeness (QED) is 0.647. The molecular weight excluding hydrogens is 240 g/mol. The number of hydrogen-bond acceptors (Lipinski definition) is 5. The summed E-state index contributed by atoms with van der Waals surface area (Å²) in [5, 5.41) is 12.3. The van der Waals surface area contributed by atoms with Gasteiger partial charge in [-0.15, -0.1) is 0 Å². The van der Waals surface area contributed by atoms with Gasteiger partial charge in [-0.2, -0.15) is 0 Å². The monoisotopic (exact) mass is 264 g/mol. The molecule has 0 saturated carbocycles. The first-order valence-corrected chi connectivity index (χ1v) is 8.05. The van der Waals surface area contributed by atoms with E-state index in [1.807, 2.05) is 14.0 Å². The molecule has 1 heterocycles. The highest BCUT2D eigenvalue weighted by atomic mass is 32.2. The van der Waals surface area contributed by atoms with Crippen molar-refractivity contribution >= 4 is 9.84 Å². The van der Waals surface area contributed by atoms with E-state index in [1.165, 1.54) is 0 Å². The average molecular weight is 264 g/mol. The van der Waals surface area contributed by atoms with Crippen molar-refractivity contribution in [3.63, 3.8) is 0 Å². The molecule has 102 valence electrons. The second-order valence-electron chi connectivity index (χ2n) is 4.76. The molecule has 0 aromatic heterocycles. The third kappa shape index (κ3) is 4.91. The van der Waals surface area contributed by atoms with Gasteiger partial charge in [-0.25, -0.2) is 8.42 Å². The van der Waals surface area contributed by atoms with Gasteiger partial charge < -0.3 is 15.3 Å². The zero-order chi connectivity index (χ0) is 12.9. The first-order valence-electron chi connectivity index (χ1n) is 6.23. The van der Waals surface area contributed by atoms with E-state index in [1.54, 1.807) is 0 Å². The second kappa shape index (κ2) is 6.68. The highest BCUT2D eigenvalue weighted by Gasteiger charge is 2.30. The summed E-state index contributed by atoms with van der Waals surface area (Å²) in [4.78, 5) is 2.10. The Balaban J connectivity index is 2.32. The SMILES string of the molecule is CCNC(CO)CCN(C)C1CCS(=O)(=O)C1. The van der Waals surface area contributed by atoms with Crippen LogP contribution in [0.2, 0.25) is 0 Å². The summed E-state index contributed by atoms with van der Waals surface area (Å²) in [5.41, 5.74) is 0. The first-order chi connectivity index (χ1) is 7.98. The van der Waals surface area contributed by atoms with Crippen LogP contribution in [0.5, 0.6) is 0 Å². The van der Waals surface area contributed by atoms with Gasteiger partial charge in [0.1, 0.15) is 0 Å². The molecule has 5 nitrogen and oxygen atoms in total. The minimum atomic E-state index is -2.80. The average Bonchev–Trinajstić information content (AvgIpc) is 2.64. The lowest BCUT2D eigenvalue weighted by molar-refractivity contribution is 0.202. The van der Waals surface area contributed by atoms with Crippen LogP contribution in [-0.4, -0.2) is 68.8 Å². The fourth-order valence-corrected chi connectivity index (χ4v) is 4.02. The normalized spacial score (nSPS) is 25.3. The Morgan fingerprint density at radius 1 is 1.53 bits per heavy atom. The number of aliphatic hydroxyl groups excluding tert-OH is 1. The lowest BCUT2D eigenvalue weighted by atomic mass is 10.1. The summed E-state index contributed by atoms with van der Waals surface area (Å²) in [6.45, 7) is 3.80. The second-order valence-corrected chi connectivity index (χ2v) is 6.99. The molecule has 0 radical (unpaired) electrons. The van der Waals surface area contributed by atoms with Crippen LogP contribution in [0.1, 0.15) is 19.8 Å². The van der Waals surface area contributed by atoms with Crippen LogP contribution in [0, 0.1) is 0 Å². The van der Waals surface area contributed by atoms with Gasteiger partial charge in [0, 0.05) is 12.1 Å². The Hall–Kier alpha value is -0.170. The highest BCUT2D eigenvalue weighted by Crippen LogP contribution is 2.16. The van der Waals surface area contributed by atoms with Crippen molar-refractivity contribution in [2.45, 2.75) is 31.8 Å². The Morgan fingerprint density at radius 2 is 2.24 bits per heavy atom. The maximum atomic E-state index is 11.4. The van der Waals surface area contributed by atoms with Crippen LogP contribution in [0.15, 0.2) is 0 Å². The number of likely N-dealkylation sites (N-methyl/N-ethyl adjacent to an activating group) is 1. The molecule has 0 bridgehead atoms. The van der Waals surface area contributed by atoms with E-state index >= 15 is 0 Å². The molecule has 0 aromatic rings. The van der Waals surface area contributed by atoms with Gasteiger partial charge in [0.25, 0.3) is 0 Å². The van der Waals surface area contributed by atoms with E-state index in [9.17, 15) is 8.42 Å². The van der Waals surface area contributed by atoms with Crippen LogP contribution in [0.3, 0.4) is 0 Å². The summed E-state index contributed by atoms with van der Waals surface area (Å²) in [6, 6.07) is 0.265. The van der Waals surface area contributed by atoms with Gasteiger partial charge in [0.15, 0.2) is 9.84 Å². The number of nitrogens with one attached hydrogen (secondary N) is 1. The van der Waals surface area contributed by atoms with Crippen molar-refractivity contribution in [1.29, 1.82) is 0 Å². The van der Waals surface area contributed by atoms with Crippen molar-refractivity contribution in [3.05, 3.63) is 0 Å². The zero-order valence-corrected chi connectivity index (χ0v) is 11.5. The van der Waals surface area contributed by atoms with E-state index in [4.69, 9.17) is 5.11 Å². The summed E-state index contributed by atoms with van der Waals surface area (Å²) < 4.78 is 22.7. The zero-order valence-electron chi connectivity index (χ0n) is 10.7. The summed E-state index contributed by atoms with van der Waals surface area (Å²) in [6.07, 6.45) is 1.58. The third-order valence-electron chi connectivity index (χ3n) is 3.38.